The molecule has 12 heteroatoms. The molecule has 3 fully saturated rings. The Kier molecular flexibility index (Phi) is 7.92. The Bertz CT molecular complexity index is 1770. The third-order valence-corrected chi connectivity index (χ3v) is 10.4. The lowest BCUT2D eigenvalue weighted by Crippen LogP contribution is -2.50. The molecule has 1 saturated carbocycles. The largest absolute Gasteiger partial charge is 0.354 e. The molecule has 1 atom stereocenters. The van der Waals surface area contributed by atoms with Crippen LogP contribution in [0.25, 0.3) is 22.3 Å². The molecule has 7 rings (SSSR count). The summed E-state index contributed by atoms with van der Waals surface area (Å²) in [4.78, 5) is 46.5. The second kappa shape index (κ2) is 12.2. The van der Waals surface area contributed by atoms with Gasteiger partial charge in [0.15, 0.2) is 0 Å². The first-order valence-electron chi connectivity index (χ1n) is 15.4. The van der Waals surface area contributed by atoms with E-state index in [1.807, 2.05) is 42.5 Å². The molecule has 11 nitrogen and oxygen atoms in total. The number of likely N-dealkylation sites (tertiary alicyclic amines) is 1. The number of hydrogen-bond acceptors (Lipinski definition) is 8. The second-order valence-corrected chi connectivity index (χ2v) is 13.7. The number of carbonyl (C=O) groups excluding carboxylic acids is 2. The van der Waals surface area contributed by atoms with E-state index in [1.54, 1.807) is 12.5 Å². The molecule has 3 aromatic heterocycles. The molecule has 1 aromatic carbocycles. The van der Waals surface area contributed by atoms with Crippen LogP contribution in [0.4, 0.5) is 11.5 Å². The second-order valence-electron chi connectivity index (χ2n) is 12.0. The number of hydrogen-bond donors (Lipinski definition) is 3. The minimum absolute atomic E-state index is 0.0938. The highest BCUT2D eigenvalue weighted by Gasteiger charge is 2.50. The van der Waals surface area contributed by atoms with Crippen molar-refractivity contribution in [1.82, 2.24) is 30.2 Å². The van der Waals surface area contributed by atoms with Crippen molar-refractivity contribution < 1.29 is 13.8 Å². The van der Waals surface area contributed by atoms with Crippen LogP contribution >= 0.6 is 0 Å². The van der Waals surface area contributed by atoms with Gasteiger partial charge in [-0.3, -0.25) is 23.7 Å². The summed E-state index contributed by atoms with van der Waals surface area (Å²) in [6, 6.07) is 13.7. The van der Waals surface area contributed by atoms with Gasteiger partial charge in [0.2, 0.25) is 5.91 Å². The molecule has 232 valence electrons. The van der Waals surface area contributed by atoms with E-state index in [4.69, 9.17) is 0 Å². The number of piperidine rings is 1. The number of amides is 2. The fourth-order valence-electron chi connectivity index (χ4n) is 6.61. The number of fused-ring (bicyclic) bond motifs is 1. The molecular formula is C33H36N8O3S. The van der Waals surface area contributed by atoms with Gasteiger partial charge in [0.05, 0.1) is 5.39 Å². The molecular weight excluding hydrogens is 588 g/mol. The lowest BCUT2D eigenvalue weighted by molar-refractivity contribution is -0.117. The van der Waals surface area contributed by atoms with Crippen LogP contribution in [0.2, 0.25) is 0 Å². The smallest absolute Gasteiger partial charge is 0.274 e. The van der Waals surface area contributed by atoms with Crippen molar-refractivity contribution in [2.75, 3.05) is 47.9 Å². The number of anilines is 2. The molecule has 0 radical (unpaired) electrons. The van der Waals surface area contributed by atoms with Crippen LogP contribution in [-0.2, 0) is 21.1 Å². The fraction of sp³-hybridized carbons (Fsp3) is 0.364. The molecule has 3 N–H and O–H groups in total. The van der Waals surface area contributed by atoms with Crippen molar-refractivity contribution in [3.05, 3.63) is 78.9 Å². The van der Waals surface area contributed by atoms with Crippen LogP contribution in [0.1, 0.15) is 41.7 Å². The zero-order chi connectivity index (χ0) is 31.0. The molecule has 5 heterocycles. The lowest BCUT2D eigenvalue weighted by Gasteiger charge is -2.39. The summed E-state index contributed by atoms with van der Waals surface area (Å²) in [7, 11) is -0.762. The predicted molar refractivity (Wildman–Crippen MR) is 175 cm³/mol. The van der Waals surface area contributed by atoms with Crippen molar-refractivity contribution in [3.8, 4) is 11.3 Å². The standard InChI is InChI=1S/C33H36N8O3S/c1-2-29(42)37-25-4-3-13-41(20-25)33(10-11-33)23-9-12-34-28(18-23)32(43)38-24-7-5-22(6-8-24)27-19-26-30(39-27)35-21-36-31(26)40-14-16-45(44)17-15-40/h2,5-9,12,18-19,21,25H,1,3-4,10-11,13-17,20H2,(H,37,42)(H,38,43)(H,35,36,39). The van der Waals surface area contributed by atoms with Gasteiger partial charge in [-0.15, -0.1) is 0 Å². The van der Waals surface area contributed by atoms with Crippen molar-refractivity contribution in [2.45, 2.75) is 37.3 Å². The first kappa shape index (κ1) is 29.3. The summed E-state index contributed by atoms with van der Waals surface area (Å²) in [5, 5.41) is 6.98. The van der Waals surface area contributed by atoms with Crippen LogP contribution in [0.3, 0.4) is 0 Å². The van der Waals surface area contributed by atoms with E-state index < -0.39 is 10.8 Å². The van der Waals surface area contributed by atoms with Crippen LogP contribution < -0.4 is 15.5 Å². The first-order valence-corrected chi connectivity index (χ1v) is 16.9. The highest BCUT2D eigenvalue weighted by Crippen LogP contribution is 2.51. The maximum atomic E-state index is 13.3. The quantitative estimate of drug-likeness (QED) is 0.253. The van der Waals surface area contributed by atoms with Gasteiger partial charge in [-0.1, -0.05) is 18.7 Å². The molecule has 4 aromatic rings. The number of H-pyrrole nitrogens is 1. The van der Waals surface area contributed by atoms with Gasteiger partial charge in [0.1, 0.15) is 23.5 Å². The third-order valence-electron chi connectivity index (χ3n) is 9.15. The normalized spacial score (nSPS) is 20.1. The summed E-state index contributed by atoms with van der Waals surface area (Å²) < 4.78 is 11.8. The zero-order valence-electron chi connectivity index (χ0n) is 25.0. The van der Waals surface area contributed by atoms with E-state index in [2.05, 4.69) is 46.9 Å². The van der Waals surface area contributed by atoms with Gasteiger partial charge in [-0.05, 0) is 79.8 Å². The van der Waals surface area contributed by atoms with Gasteiger partial charge in [0.25, 0.3) is 5.91 Å². The molecule has 2 amide bonds. The number of nitrogens with zero attached hydrogens (tertiary/aromatic N) is 5. The van der Waals surface area contributed by atoms with Crippen molar-refractivity contribution in [3.63, 3.8) is 0 Å². The average Bonchev–Trinajstić information content (AvgIpc) is 3.77. The van der Waals surface area contributed by atoms with E-state index in [0.717, 1.165) is 72.4 Å². The van der Waals surface area contributed by atoms with Crippen LogP contribution in [0, 0.1) is 0 Å². The Hall–Kier alpha value is -4.42. The number of pyridine rings is 1. The molecule has 2 saturated heterocycles. The maximum absolute atomic E-state index is 13.3. The van der Waals surface area contributed by atoms with E-state index in [-0.39, 0.29) is 23.4 Å². The monoisotopic (exact) mass is 624 g/mol. The summed E-state index contributed by atoms with van der Waals surface area (Å²) >= 11 is 0. The number of aromatic nitrogens is 4. The van der Waals surface area contributed by atoms with Crippen molar-refractivity contribution >= 4 is 45.2 Å². The van der Waals surface area contributed by atoms with Crippen molar-refractivity contribution in [1.29, 1.82) is 0 Å². The minimum Gasteiger partial charge on any atom is -0.354 e. The Morgan fingerprint density at radius 1 is 1.04 bits per heavy atom. The number of aromatic amines is 1. The van der Waals surface area contributed by atoms with Crippen molar-refractivity contribution in [2.24, 2.45) is 0 Å². The Balaban J connectivity index is 1.03. The maximum Gasteiger partial charge on any atom is 0.274 e. The summed E-state index contributed by atoms with van der Waals surface area (Å²) in [6.45, 7) is 6.73. The first-order chi connectivity index (χ1) is 21.9. The highest BCUT2D eigenvalue weighted by molar-refractivity contribution is 7.85. The molecule has 0 spiro atoms. The van der Waals surface area contributed by atoms with E-state index in [0.29, 0.717) is 36.0 Å². The topological polar surface area (TPSA) is 136 Å². The van der Waals surface area contributed by atoms with E-state index in [9.17, 15) is 13.8 Å². The van der Waals surface area contributed by atoms with Gasteiger partial charge in [-0.2, -0.15) is 0 Å². The fourth-order valence-corrected chi connectivity index (χ4v) is 7.66. The van der Waals surface area contributed by atoms with E-state index in [1.165, 1.54) is 6.08 Å². The van der Waals surface area contributed by atoms with Gasteiger partial charge >= 0.3 is 0 Å². The molecule has 2 aliphatic heterocycles. The number of nitrogens with one attached hydrogen (secondary N) is 3. The number of benzene rings is 1. The Labute approximate surface area is 264 Å². The molecule has 0 bridgehead atoms. The number of carbonyl (C=O) groups is 2. The van der Waals surface area contributed by atoms with Gasteiger partial charge < -0.3 is 20.5 Å². The summed E-state index contributed by atoms with van der Waals surface area (Å²) in [5.74, 6) is 1.74. The number of rotatable bonds is 8. The van der Waals surface area contributed by atoms with E-state index >= 15 is 0 Å². The van der Waals surface area contributed by atoms with Crippen LogP contribution in [-0.4, -0.2) is 84.6 Å². The average molecular weight is 625 g/mol. The third kappa shape index (κ3) is 5.99. The van der Waals surface area contributed by atoms with Crippen LogP contribution in [0.15, 0.2) is 67.6 Å². The van der Waals surface area contributed by atoms with Crippen LogP contribution in [0.5, 0.6) is 0 Å². The highest BCUT2D eigenvalue weighted by atomic mass is 32.2. The molecule has 45 heavy (non-hydrogen) atoms. The zero-order valence-corrected chi connectivity index (χ0v) is 25.8. The SMILES string of the molecule is C=CC(=O)NC1CCCN(C2(c3ccnc(C(=O)Nc4ccc(-c5cc6c(N7CCS(=O)CC7)ncnc6[nH]5)cc4)c3)CC2)C1. The van der Waals surface area contributed by atoms with Gasteiger partial charge in [0, 0.05) is 71.1 Å². The summed E-state index contributed by atoms with van der Waals surface area (Å²) in [5.41, 5.74) is 4.63. The Morgan fingerprint density at radius 3 is 2.60 bits per heavy atom. The van der Waals surface area contributed by atoms with Gasteiger partial charge in [-0.25, -0.2) is 9.97 Å². The summed E-state index contributed by atoms with van der Waals surface area (Å²) in [6.07, 6.45) is 8.58. The predicted octanol–water partition coefficient (Wildman–Crippen LogP) is 3.60. The Morgan fingerprint density at radius 2 is 1.84 bits per heavy atom. The molecule has 1 unspecified atom stereocenters. The lowest BCUT2D eigenvalue weighted by atomic mass is 9.97. The molecule has 1 aliphatic carbocycles. The minimum atomic E-state index is -0.762. The molecule has 3 aliphatic rings.